The number of guanidine groups is 1. The third-order valence-electron chi connectivity index (χ3n) is 3.45. The average molecular weight is 498 g/mol. The molecule has 0 heterocycles. The van der Waals surface area contributed by atoms with Gasteiger partial charge in [0, 0.05) is 24.2 Å². The summed E-state index contributed by atoms with van der Waals surface area (Å²) < 4.78 is 1.07. The van der Waals surface area contributed by atoms with Crippen LogP contribution in [0.25, 0.3) is 0 Å². The van der Waals surface area contributed by atoms with E-state index < -0.39 is 0 Å². The number of nitrogens with zero attached hydrogens (tertiary/aromatic N) is 1. The number of aliphatic hydroxyl groups excluding tert-OH is 1. The van der Waals surface area contributed by atoms with Crippen LogP contribution in [0.5, 0.6) is 0 Å². The predicted octanol–water partition coefficient (Wildman–Crippen LogP) is 3.92. The van der Waals surface area contributed by atoms with E-state index in [1.54, 1.807) is 0 Å². The Morgan fingerprint density at radius 1 is 1.26 bits per heavy atom. The summed E-state index contributed by atoms with van der Waals surface area (Å²) in [7, 11) is 0. The van der Waals surface area contributed by atoms with Gasteiger partial charge in [0.1, 0.15) is 0 Å². The van der Waals surface area contributed by atoms with Gasteiger partial charge in [0.2, 0.25) is 0 Å². The maximum absolute atomic E-state index is 9.13. The summed E-state index contributed by atoms with van der Waals surface area (Å²) in [6.45, 7) is 6.82. The third kappa shape index (κ3) is 10.2. The van der Waals surface area contributed by atoms with Gasteiger partial charge in [-0.3, -0.25) is 0 Å². The summed E-state index contributed by atoms with van der Waals surface area (Å²) in [5.41, 5.74) is 1.17. The van der Waals surface area contributed by atoms with E-state index in [0.29, 0.717) is 12.5 Å². The van der Waals surface area contributed by atoms with E-state index in [0.717, 1.165) is 42.8 Å². The highest BCUT2D eigenvalue weighted by Gasteiger charge is 2.08. The second-order valence-corrected chi connectivity index (χ2v) is 6.29. The number of aliphatic imine (C=N–C) groups is 1. The predicted molar refractivity (Wildman–Crippen MR) is 112 cm³/mol. The average Bonchev–Trinajstić information content (AvgIpc) is 2.50. The first-order valence-corrected chi connectivity index (χ1v) is 8.86. The van der Waals surface area contributed by atoms with Crippen molar-refractivity contribution in [3.63, 3.8) is 0 Å². The number of halogens is 2. The smallest absolute Gasteiger partial charge is 0.191 e. The fourth-order valence-corrected chi connectivity index (χ4v) is 2.77. The topological polar surface area (TPSA) is 56.6 Å². The van der Waals surface area contributed by atoms with Crippen molar-refractivity contribution >= 4 is 45.9 Å². The van der Waals surface area contributed by atoms with Gasteiger partial charge in [-0.1, -0.05) is 41.4 Å². The number of nitrogens with one attached hydrogen (secondary N) is 2. The molecule has 1 aromatic rings. The summed E-state index contributed by atoms with van der Waals surface area (Å²) >= 11 is 3.48. The molecule has 4 nitrogen and oxygen atoms in total. The van der Waals surface area contributed by atoms with Gasteiger partial charge in [-0.05, 0) is 43.4 Å². The summed E-state index contributed by atoms with van der Waals surface area (Å²) in [6, 6.07) is 8.19. The van der Waals surface area contributed by atoms with Crippen LogP contribution in [0.15, 0.2) is 33.7 Å². The van der Waals surface area contributed by atoms with Crippen molar-refractivity contribution < 1.29 is 5.11 Å². The fraction of sp³-hybridized carbons (Fsp3) is 0.588. The molecule has 23 heavy (non-hydrogen) atoms. The molecular formula is C17H29BrIN3O. The molecule has 0 saturated heterocycles. The van der Waals surface area contributed by atoms with Gasteiger partial charge in [-0.25, -0.2) is 4.99 Å². The van der Waals surface area contributed by atoms with Crippen LogP contribution in [-0.4, -0.2) is 30.8 Å². The van der Waals surface area contributed by atoms with Gasteiger partial charge in [-0.2, -0.15) is 0 Å². The minimum atomic E-state index is 0. The SMILES string of the molecule is CCCC(CCO)CNC(=NCc1cccc(Br)c1)NCC.I. The molecule has 0 aromatic heterocycles. The summed E-state index contributed by atoms with van der Waals surface area (Å²) in [4.78, 5) is 4.63. The normalized spacial score (nSPS) is 12.4. The maximum atomic E-state index is 9.13. The molecule has 0 aliphatic heterocycles. The summed E-state index contributed by atoms with van der Waals surface area (Å²) in [5, 5.41) is 15.8. The Balaban J connectivity index is 0.00000484. The van der Waals surface area contributed by atoms with E-state index in [-0.39, 0.29) is 30.6 Å². The van der Waals surface area contributed by atoms with Crippen LogP contribution >= 0.6 is 39.9 Å². The first-order valence-electron chi connectivity index (χ1n) is 8.07. The molecule has 1 atom stereocenters. The number of rotatable bonds is 9. The van der Waals surface area contributed by atoms with Crippen LogP contribution < -0.4 is 10.6 Å². The lowest BCUT2D eigenvalue weighted by Gasteiger charge is -2.18. The number of hydrogen-bond acceptors (Lipinski definition) is 2. The molecule has 1 unspecified atom stereocenters. The Morgan fingerprint density at radius 3 is 2.65 bits per heavy atom. The van der Waals surface area contributed by atoms with Gasteiger partial charge in [0.25, 0.3) is 0 Å². The van der Waals surface area contributed by atoms with E-state index >= 15 is 0 Å². The lowest BCUT2D eigenvalue weighted by Crippen LogP contribution is -2.40. The van der Waals surface area contributed by atoms with E-state index in [1.165, 1.54) is 5.56 Å². The summed E-state index contributed by atoms with van der Waals surface area (Å²) in [6.07, 6.45) is 3.10. The van der Waals surface area contributed by atoms with Crippen LogP contribution in [0.4, 0.5) is 0 Å². The van der Waals surface area contributed by atoms with E-state index in [2.05, 4.69) is 57.5 Å². The van der Waals surface area contributed by atoms with E-state index in [4.69, 9.17) is 5.11 Å². The Morgan fingerprint density at radius 2 is 2.04 bits per heavy atom. The quantitative estimate of drug-likeness (QED) is 0.275. The van der Waals surface area contributed by atoms with Crippen molar-refractivity contribution in [3.8, 4) is 0 Å². The van der Waals surface area contributed by atoms with Crippen molar-refractivity contribution in [1.82, 2.24) is 10.6 Å². The monoisotopic (exact) mass is 497 g/mol. The number of hydrogen-bond donors (Lipinski definition) is 3. The van der Waals surface area contributed by atoms with Gasteiger partial charge in [-0.15, -0.1) is 24.0 Å². The molecule has 132 valence electrons. The van der Waals surface area contributed by atoms with Gasteiger partial charge >= 0.3 is 0 Å². The summed E-state index contributed by atoms with van der Waals surface area (Å²) in [5.74, 6) is 1.33. The molecule has 0 saturated carbocycles. The first-order chi connectivity index (χ1) is 10.7. The van der Waals surface area contributed by atoms with Crippen LogP contribution in [0.1, 0.15) is 38.7 Å². The Hall–Kier alpha value is -0.340. The van der Waals surface area contributed by atoms with Gasteiger partial charge < -0.3 is 15.7 Å². The highest BCUT2D eigenvalue weighted by atomic mass is 127. The Kier molecular flexibility index (Phi) is 13.8. The fourth-order valence-electron chi connectivity index (χ4n) is 2.33. The zero-order chi connectivity index (χ0) is 16.2. The van der Waals surface area contributed by atoms with E-state index in [1.807, 2.05) is 12.1 Å². The molecule has 0 aliphatic carbocycles. The molecule has 0 aliphatic rings. The highest BCUT2D eigenvalue weighted by Crippen LogP contribution is 2.12. The minimum absolute atomic E-state index is 0. The van der Waals surface area contributed by atoms with Crippen LogP contribution in [0, 0.1) is 5.92 Å². The molecule has 1 aromatic carbocycles. The molecule has 3 N–H and O–H groups in total. The standard InChI is InChI=1S/C17H28BrN3O.HI/c1-3-6-14(9-10-22)12-20-17(19-4-2)21-13-15-7-5-8-16(18)11-15;/h5,7-8,11,14,22H,3-4,6,9-10,12-13H2,1-2H3,(H2,19,20,21);1H. The molecule has 0 fully saturated rings. The zero-order valence-corrected chi connectivity index (χ0v) is 17.9. The maximum Gasteiger partial charge on any atom is 0.191 e. The van der Waals surface area contributed by atoms with Crippen molar-refractivity contribution in [2.75, 3.05) is 19.7 Å². The van der Waals surface area contributed by atoms with E-state index in [9.17, 15) is 0 Å². The highest BCUT2D eigenvalue weighted by molar-refractivity contribution is 14.0. The van der Waals surface area contributed by atoms with Gasteiger partial charge in [0.05, 0.1) is 6.54 Å². The van der Waals surface area contributed by atoms with Crippen molar-refractivity contribution in [3.05, 3.63) is 34.3 Å². The molecule has 0 spiro atoms. The molecule has 0 radical (unpaired) electrons. The Bertz CT molecular complexity index is 451. The third-order valence-corrected chi connectivity index (χ3v) is 3.94. The molecule has 0 bridgehead atoms. The number of aliphatic hydroxyl groups is 1. The second kappa shape index (κ2) is 14.0. The number of benzene rings is 1. The lowest BCUT2D eigenvalue weighted by molar-refractivity contribution is 0.251. The largest absolute Gasteiger partial charge is 0.396 e. The lowest BCUT2D eigenvalue weighted by atomic mass is 10.0. The van der Waals surface area contributed by atoms with Crippen molar-refractivity contribution in [2.24, 2.45) is 10.9 Å². The second-order valence-electron chi connectivity index (χ2n) is 5.37. The van der Waals surface area contributed by atoms with Gasteiger partial charge in [0.15, 0.2) is 5.96 Å². The van der Waals surface area contributed by atoms with Crippen LogP contribution in [0.3, 0.4) is 0 Å². The van der Waals surface area contributed by atoms with Crippen LogP contribution in [-0.2, 0) is 6.54 Å². The first kappa shape index (κ1) is 22.7. The molecule has 0 amide bonds. The van der Waals surface area contributed by atoms with Crippen LogP contribution in [0.2, 0.25) is 0 Å². The minimum Gasteiger partial charge on any atom is -0.396 e. The van der Waals surface area contributed by atoms with Crippen molar-refractivity contribution in [2.45, 2.75) is 39.7 Å². The molecule has 1 rings (SSSR count). The molecule has 6 heteroatoms. The molecular weight excluding hydrogens is 469 g/mol. The zero-order valence-electron chi connectivity index (χ0n) is 14.0. The van der Waals surface area contributed by atoms with Crippen molar-refractivity contribution in [1.29, 1.82) is 0 Å². The Labute approximate surface area is 165 Å².